The summed E-state index contributed by atoms with van der Waals surface area (Å²) < 4.78 is 2.10. The summed E-state index contributed by atoms with van der Waals surface area (Å²) in [6.07, 6.45) is 6.71. The van der Waals surface area contributed by atoms with E-state index in [1.54, 1.807) is 6.21 Å². The van der Waals surface area contributed by atoms with Gasteiger partial charge in [-0.25, -0.2) is 4.58 Å². The molecule has 2 rings (SSSR count). The lowest BCUT2D eigenvalue weighted by atomic mass is 9.88. The minimum atomic E-state index is 0.158. The first-order valence-electron chi connectivity index (χ1n) is 5.04. The van der Waals surface area contributed by atoms with Gasteiger partial charge in [0.25, 0.3) is 0 Å². The molecule has 0 N–H and O–H groups in total. The maximum Gasteiger partial charge on any atom is 0.310 e. The first-order valence-corrected chi connectivity index (χ1v) is 5.04. The number of amides is 1. The van der Waals surface area contributed by atoms with Crippen LogP contribution in [0.3, 0.4) is 0 Å². The van der Waals surface area contributed by atoms with E-state index < -0.39 is 0 Å². The summed E-state index contributed by atoms with van der Waals surface area (Å²) in [5.41, 5.74) is 0. The van der Waals surface area contributed by atoms with Crippen LogP contribution in [0.5, 0.6) is 0 Å². The van der Waals surface area contributed by atoms with Crippen LogP contribution in [0.25, 0.3) is 0 Å². The van der Waals surface area contributed by atoms with Crippen LogP contribution >= 0.6 is 0 Å². The zero-order valence-electron chi connectivity index (χ0n) is 8.36. The summed E-state index contributed by atoms with van der Waals surface area (Å²) in [6.45, 7) is 0. The van der Waals surface area contributed by atoms with Gasteiger partial charge in [0.15, 0.2) is 6.04 Å². The number of rotatable bonds is 0. The highest BCUT2D eigenvalue weighted by atomic mass is 16.2. The minimum Gasteiger partial charge on any atom is -0.327 e. The predicted octanol–water partition coefficient (Wildman–Crippen LogP) is 0.483. The third-order valence-electron chi connectivity index (χ3n) is 3.38. The average molecular weight is 181 g/mol. The molecule has 0 spiro atoms. The summed E-state index contributed by atoms with van der Waals surface area (Å²) in [5, 5.41) is 0. The highest BCUT2D eigenvalue weighted by molar-refractivity contribution is 6.24. The van der Waals surface area contributed by atoms with Gasteiger partial charge >= 0.3 is 5.91 Å². The normalized spacial score (nSPS) is 34.2. The number of likely N-dealkylation sites (N-methyl/N-ethyl adjacent to an activating group) is 2. The van der Waals surface area contributed by atoms with Crippen molar-refractivity contribution >= 4 is 12.1 Å². The predicted molar refractivity (Wildman–Crippen MR) is 51.1 cm³/mol. The zero-order valence-corrected chi connectivity index (χ0v) is 8.36. The fourth-order valence-electron chi connectivity index (χ4n) is 2.54. The Morgan fingerprint density at radius 3 is 2.92 bits per heavy atom. The monoisotopic (exact) mass is 181 g/mol. The Bertz CT molecular complexity index is 260. The number of fused-ring (bicyclic) bond motifs is 1. The van der Waals surface area contributed by atoms with Crippen molar-refractivity contribution in [2.24, 2.45) is 0 Å². The molecule has 2 unspecified atom stereocenters. The van der Waals surface area contributed by atoms with E-state index in [0.29, 0.717) is 12.1 Å². The topological polar surface area (TPSA) is 23.3 Å². The van der Waals surface area contributed by atoms with Gasteiger partial charge in [0.2, 0.25) is 6.21 Å². The van der Waals surface area contributed by atoms with Gasteiger partial charge in [-0.05, 0) is 12.8 Å². The largest absolute Gasteiger partial charge is 0.327 e. The maximum absolute atomic E-state index is 11.5. The molecule has 0 bridgehead atoms. The van der Waals surface area contributed by atoms with E-state index in [0.717, 1.165) is 0 Å². The van der Waals surface area contributed by atoms with Crippen molar-refractivity contribution in [3.05, 3.63) is 0 Å². The van der Waals surface area contributed by atoms with Gasteiger partial charge < -0.3 is 4.90 Å². The van der Waals surface area contributed by atoms with Crippen LogP contribution in [0.1, 0.15) is 25.7 Å². The molecular formula is C10H17N2O+. The molecule has 0 aromatic heterocycles. The van der Waals surface area contributed by atoms with Gasteiger partial charge in [-0.1, -0.05) is 6.42 Å². The Morgan fingerprint density at radius 2 is 2.15 bits per heavy atom. The van der Waals surface area contributed by atoms with Gasteiger partial charge in [0, 0.05) is 13.5 Å². The molecule has 1 amide bonds. The van der Waals surface area contributed by atoms with Crippen LogP contribution in [0.2, 0.25) is 0 Å². The molecule has 2 atom stereocenters. The number of hydrogen-bond acceptors (Lipinski definition) is 1. The van der Waals surface area contributed by atoms with Crippen molar-refractivity contribution in [1.82, 2.24) is 4.90 Å². The van der Waals surface area contributed by atoms with Crippen molar-refractivity contribution in [3.8, 4) is 0 Å². The lowest BCUT2D eigenvalue weighted by Crippen LogP contribution is -2.55. The number of nitrogens with zero attached hydrogens (tertiary/aromatic N) is 2. The van der Waals surface area contributed by atoms with Gasteiger partial charge in [-0.2, -0.15) is 0 Å². The standard InChI is InChI=1S/C10H17N2O/c1-11-7-10(13)12(2)9-6-4-3-5-8(9)11/h7-9H,3-6H2,1-2H3/q+1. The molecule has 2 aliphatic rings. The Morgan fingerprint density at radius 1 is 1.46 bits per heavy atom. The van der Waals surface area contributed by atoms with Crippen LogP contribution in [0.4, 0.5) is 0 Å². The summed E-state index contributed by atoms with van der Waals surface area (Å²) in [4.78, 5) is 13.4. The summed E-state index contributed by atoms with van der Waals surface area (Å²) in [5.74, 6) is 0.158. The summed E-state index contributed by atoms with van der Waals surface area (Å²) >= 11 is 0. The van der Waals surface area contributed by atoms with Crippen molar-refractivity contribution in [2.45, 2.75) is 37.8 Å². The van der Waals surface area contributed by atoms with E-state index in [1.807, 2.05) is 19.0 Å². The maximum atomic E-state index is 11.5. The molecule has 1 aliphatic carbocycles. The smallest absolute Gasteiger partial charge is 0.310 e. The molecule has 0 aromatic carbocycles. The first kappa shape index (κ1) is 8.73. The second-order valence-electron chi connectivity index (χ2n) is 4.16. The SMILES string of the molecule is CN1C(=O)C=[N+](C)C2CCCCC21. The fourth-order valence-corrected chi connectivity index (χ4v) is 2.54. The molecule has 72 valence electrons. The molecular weight excluding hydrogens is 164 g/mol. The summed E-state index contributed by atoms with van der Waals surface area (Å²) in [6, 6.07) is 1.02. The first-order chi connectivity index (χ1) is 6.20. The van der Waals surface area contributed by atoms with Crippen LogP contribution < -0.4 is 0 Å². The van der Waals surface area contributed by atoms with Gasteiger partial charge in [0.05, 0.1) is 6.04 Å². The van der Waals surface area contributed by atoms with E-state index in [2.05, 4.69) is 4.58 Å². The lowest BCUT2D eigenvalue weighted by Gasteiger charge is -2.36. The van der Waals surface area contributed by atoms with Gasteiger partial charge in [-0.3, -0.25) is 4.79 Å². The average Bonchev–Trinajstić information content (AvgIpc) is 2.15. The van der Waals surface area contributed by atoms with E-state index in [4.69, 9.17) is 0 Å². The number of hydrogen-bond donors (Lipinski definition) is 0. The Kier molecular flexibility index (Phi) is 2.10. The van der Waals surface area contributed by atoms with Gasteiger partial charge in [0.1, 0.15) is 7.05 Å². The van der Waals surface area contributed by atoms with Crippen LogP contribution in [0.15, 0.2) is 0 Å². The second kappa shape index (κ2) is 3.13. The Hall–Kier alpha value is -0.860. The molecule has 1 fully saturated rings. The van der Waals surface area contributed by atoms with E-state index in [1.165, 1.54) is 25.7 Å². The number of carbonyl (C=O) groups excluding carboxylic acids is 1. The van der Waals surface area contributed by atoms with Gasteiger partial charge in [-0.15, -0.1) is 0 Å². The molecule has 1 saturated carbocycles. The van der Waals surface area contributed by atoms with Crippen LogP contribution in [-0.4, -0.2) is 47.8 Å². The molecule has 13 heavy (non-hydrogen) atoms. The van der Waals surface area contributed by atoms with Crippen LogP contribution in [-0.2, 0) is 4.79 Å². The van der Waals surface area contributed by atoms with E-state index in [9.17, 15) is 4.79 Å². The Balaban J connectivity index is 2.27. The van der Waals surface area contributed by atoms with Crippen molar-refractivity contribution in [3.63, 3.8) is 0 Å². The van der Waals surface area contributed by atoms with E-state index >= 15 is 0 Å². The Labute approximate surface area is 79.0 Å². The highest BCUT2D eigenvalue weighted by Gasteiger charge is 2.40. The van der Waals surface area contributed by atoms with Crippen molar-refractivity contribution < 1.29 is 9.37 Å². The summed E-state index contributed by atoms with van der Waals surface area (Å²) in [7, 11) is 3.95. The number of carbonyl (C=O) groups is 1. The molecule has 3 heteroatoms. The third kappa shape index (κ3) is 1.36. The third-order valence-corrected chi connectivity index (χ3v) is 3.38. The minimum absolute atomic E-state index is 0.158. The quantitative estimate of drug-likeness (QED) is 0.499. The zero-order chi connectivity index (χ0) is 9.42. The molecule has 1 aliphatic heterocycles. The molecule has 0 radical (unpaired) electrons. The van der Waals surface area contributed by atoms with Crippen molar-refractivity contribution in [1.29, 1.82) is 0 Å². The highest BCUT2D eigenvalue weighted by Crippen LogP contribution is 2.25. The van der Waals surface area contributed by atoms with Crippen molar-refractivity contribution in [2.75, 3.05) is 14.1 Å². The van der Waals surface area contributed by atoms with E-state index in [-0.39, 0.29) is 5.91 Å². The fraction of sp³-hybridized carbons (Fsp3) is 0.800. The molecule has 1 heterocycles. The lowest BCUT2D eigenvalue weighted by molar-refractivity contribution is -0.547. The molecule has 0 saturated heterocycles. The molecule has 3 nitrogen and oxygen atoms in total. The van der Waals surface area contributed by atoms with Crippen LogP contribution in [0, 0.1) is 0 Å². The second-order valence-corrected chi connectivity index (χ2v) is 4.16. The molecule has 0 aromatic rings.